The summed E-state index contributed by atoms with van der Waals surface area (Å²) in [5.74, 6) is -2.25. The molecule has 124 valence electrons. The van der Waals surface area contributed by atoms with Gasteiger partial charge in [0.1, 0.15) is 17.5 Å². The minimum absolute atomic E-state index is 0. The molecule has 0 atom stereocenters. The molecule has 3 aromatic carbocycles. The minimum Gasteiger partial charge on any atom is -1.00 e. The smallest absolute Gasteiger partial charge is 1.00 e. The molecule has 0 unspecified atom stereocenters. The fourth-order valence-electron chi connectivity index (χ4n) is 2.68. The maximum atomic E-state index is 14.3. The number of hydrogen-bond donors (Lipinski definition) is 0. The molecule has 1 nitrogen and oxygen atoms in total. The van der Waals surface area contributed by atoms with Crippen LogP contribution < -0.4 is 37.3 Å². The van der Waals surface area contributed by atoms with Crippen LogP contribution in [0.4, 0.5) is 13.2 Å². The van der Waals surface area contributed by atoms with Crippen molar-refractivity contribution in [2.45, 2.75) is 0 Å². The van der Waals surface area contributed by atoms with E-state index < -0.39 is 25.8 Å². The average molecular weight is 434 g/mol. The van der Waals surface area contributed by atoms with Gasteiger partial charge in [-0.05, 0) is 33.8 Å². The zero-order valence-corrected chi connectivity index (χ0v) is 17.1. The maximum Gasteiger partial charge on any atom is 2.00 e. The zero-order valence-electron chi connectivity index (χ0n) is 13.1. The van der Waals surface area contributed by atoms with Crippen molar-refractivity contribution in [3.8, 4) is 0 Å². The second-order valence-electron chi connectivity index (χ2n) is 5.12. The van der Waals surface area contributed by atoms with Gasteiger partial charge < -0.3 is 21.8 Å². The Labute approximate surface area is 171 Å². The van der Waals surface area contributed by atoms with Crippen molar-refractivity contribution in [3.05, 3.63) is 90.2 Å². The summed E-state index contributed by atoms with van der Waals surface area (Å²) in [5, 5.41) is -0.555. The first-order valence-corrected chi connectivity index (χ1v) is 8.91. The van der Waals surface area contributed by atoms with Gasteiger partial charge in [-0.25, -0.2) is 13.2 Å². The summed E-state index contributed by atoms with van der Waals surface area (Å²) in [6.07, 6.45) is 0. The van der Waals surface area contributed by atoms with E-state index in [1.807, 2.05) is 0 Å². The predicted octanol–water partition coefficient (Wildman–Crippen LogP) is -1.95. The van der Waals surface area contributed by atoms with E-state index in [1.165, 1.54) is 54.6 Å². The van der Waals surface area contributed by atoms with E-state index in [1.54, 1.807) is 0 Å². The summed E-state index contributed by atoms with van der Waals surface area (Å²) in [4.78, 5) is 13.8. The summed E-state index contributed by atoms with van der Waals surface area (Å²) < 4.78 is 42.9. The monoisotopic (exact) mass is 432 g/mol. The molecule has 0 amide bonds. The van der Waals surface area contributed by atoms with Crippen LogP contribution in [0, 0.1) is 17.5 Å². The molecular weight excluding hydrogens is 421 g/mol. The van der Waals surface area contributed by atoms with Gasteiger partial charge in [-0.2, -0.15) is 0 Å². The van der Waals surface area contributed by atoms with Crippen molar-refractivity contribution in [1.29, 1.82) is 0 Å². The van der Waals surface area contributed by atoms with Gasteiger partial charge in [0.2, 0.25) is 0 Å². The summed E-state index contributed by atoms with van der Waals surface area (Å²) in [5.41, 5.74) is 0. The third kappa shape index (κ3) is 4.01. The Hall–Kier alpha value is -1.13. The van der Waals surface area contributed by atoms with E-state index in [9.17, 15) is 18.0 Å². The van der Waals surface area contributed by atoms with Gasteiger partial charge in [0.15, 0.2) is 0 Å². The molecular formula is C18H12BrF3MgOSi. The molecule has 0 N–H and O–H groups in total. The Morgan fingerprint density at radius 2 is 0.800 bits per heavy atom. The van der Waals surface area contributed by atoms with Gasteiger partial charge in [0.25, 0.3) is 0 Å². The molecule has 7 heteroatoms. The van der Waals surface area contributed by atoms with Crippen molar-refractivity contribution in [2.24, 2.45) is 0 Å². The Bertz CT molecular complexity index is 752. The molecule has 0 saturated heterocycles. The third-order valence-electron chi connectivity index (χ3n) is 3.76. The van der Waals surface area contributed by atoms with E-state index >= 15 is 0 Å². The van der Waals surface area contributed by atoms with Crippen molar-refractivity contribution in [1.82, 2.24) is 0 Å². The van der Waals surface area contributed by atoms with Crippen molar-refractivity contribution in [3.63, 3.8) is 0 Å². The fourth-order valence-corrected chi connectivity index (χ4v) is 5.80. The molecule has 0 fully saturated rings. The van der Waals surface area contributed by atoms with Gasteiger partial charge in [0.05, 0.1) is 8.32 Å². The van der Waals surface area contributed by atoms with Crippen LogP contribution in [0.2, 0.25) is 0 Å². The van der Waals surface area contributed by atoms with Gasteiger partial charge in [-0.3, -0.25) is 0 Å². The first kappa shape index (κ1) is 21.9. The molecule has 0 heterocycles. The van der Waals surface area contributed by atoms with Crippen LogP contribution >= 0.6 is 0 Å². The van der Waals surface area contributed by atoms with Crippen molar-refractivity contribution >= 4 is 46.9 Å². The predicted molar refractivity (Wildman–Crippen MR) is 89.6 cm³/mol. The van der Waals surface area contributed by atoms with Crippen LogP contribution in [-0.4, -0.2) is 31.4 Å². The summed E-state index contributed by atoms with van der Waals surface area (Å²) in [7, 11) is -4.39. The van der Waals surface area contributed by atoms with Crippen LogP contribution in [0.3, 0.4) is 0 Å². The van der Waals surface area contributed by atoms with E-state index in [0.717, 1.165) is 18.2 Å². The molecule has 0 saturated carbocycles. The quantitative estimate of drug-likeness (QED) is 0.348. The maximum absolute atomic E-state index is 14.3. The molecule has 0 spiro atoms. The van der Waals surface area contributed by atoms with Crippen LogP contribution in [0.5, 0.6) is 0 Å². The Balaban J connectivity index is 0.00000156. The SMILES string of the molecule is [Br-].[Mg+2].[O-][Si](c1ccccc1F)(c1ccccc1F)c1ccccc1F. The van der Waals surface area contributed by atoms with E-state index in [4.69, 9.17) is 0 Å². The van der Waals surface area contributed by atoms with Crippen molar-refractivity contribution < 1.29 is 34.9 Å². The second-order valence-corrected chi connectivity index (χ2v) is 8.10. The van der Waals surface area contributed by atoms with Gasteiger partial charge >= 0.3 is 23.1 Å². The molecule has 3 rings (SSSR count). The molecule has 0 aliphatic carbocycles. The first-order valence-electron chi connectivity index (χ1n) is 7.00. The van der Waals surface area contributed by atoms with E-state index in [-0.39, 0.29) is 55.6 Å². The van der Waals surface area contributed by atoms with Crippen molar-refractivity contribution in [2.75, 3.05) is 0 Å². The molecule has 0 radical (unpaired) electrons. The average Bonchev–Trinajstić information content (AvgIpc) is 2.55. The van der Waals surface area contributed by atoms with Gasteiger partial charge in [0, 0.05) is 0 Å². The summed E-state index contributed by atoms with van der Waals surface area (Å²) in [6, 6.07) is 16.2. The normalized spacial score (nSPS) is 10.6. The number of benzene rings is 3. The first-order chi connectivity index (χ1) is 11.0. The number of halogens is 4. The Morgan fingerprint density at radius 1 is 0.560 bits per heavy atom. The van der Waals surface area contributed by atoms with Gasteiger partial charge in [-0.1, -0.05) is 54.6 Å². The molecule has 0 aromatic heterocycles. The molecule has 3 aromatic rings. The molecule has 25 heavy (non-hydrogen) atoms. The Kier molecular flexibility index (Phi) is 7.89. The number of rotatable bonds is 3. The zero-order chi connectivity index (χ0) is 16.4. The molecule has 0 aliphatic rings. The molecule has 0 bridgehead atoms. The van der Waals surface area contributed by atoms with Crippen LogP contribution in [0.25, 0.3) is 0 Å². The number of hydrogen-bond acceptors (Lipinski definition) is 1. The standard InChI is InChI=1S/C18H12F3OSi.BrH.Mg/c19-13-7-1-4-10-16(13)23(22,17-11-5-2-8-14(17)20)18-12-6-3-9-15(18)21;;/h1-12H;1H;/q-1;;+2/p-1. The van der Waals surface area contributed by atoms with Crippen LogP contribution in [0.15, 0.2) is 72.8 Å². The summed E-state index contributed by atoms with van der Waals surface area (Å²) in [6.45, 7) is 0. The van der Waals surface area contributed by atoms with Crippen LogP contribution in [-0.2, 0) is 0 Å². The molecule has 0 aliphatic heterocycles. The van der Waals surface area contributed by atoms with Gasteiger partial charge in [-0.15, -0.1) is 0 Å². The minimum atomic E-state index is -4.39. The summed E-state index contributed by atoms with van der Waals surface area (Å²) >= 11 is 0. The van der Waals surface area contributed by atoms with E-state index in [2.05, 4.69) is 0 Å². The topological polar surface area (TPSA) is 23.1 Å². The Morgan fingerprint density at radius 3 is 1.04 bits per heavy atom. The van der Waals surface area contributed by atoms with E-state index in [0.29, 0.717) is 0 Å². The second kappa shape index (κ2) is 9.00. The third-order valence-corrected chi connectivity index (χ3v) is 7.25. The fraction of sp³-hybridized carbons (Fsp3) is 0. The largest absolute Gasteiger partial charge is 2.00 e. The van der Waals surface area contributed by atoms with Crippen LogP contribution in [0.1, 0.15) is 0 Å².